The quantitative estimate of drug-likeness (QED) is 0.351. The van der Waals surface area contributed by atoms with Crippen molar-refractivity contribution < 1.29 is 42.4 Å². The van der Waals surface area contributed by atoms with Gasteiger partial charge >= 0.3 is 42.4 Å². The minimum Gasteiger partial charge on any atom is -0.0761 e. The van der Waals surface area contributed by atoms with Crippen LogP contribution in [0.2, 0.25) is 0 Å². The highest BCUT2D eigenvalue weighted by molar-refractivity contribution is 5.29. The molecule has 0 saturated heterocycles. The second-order valence-corrected chi connectivity index (χ2v) is 11.7. The molecule has 2 bridgehead atoms. The zero-order valence-corrected chi connectivity index (χ0v) is 16.8. The van der Waals surface area contributed by atoms with Crippen LogP contribution in [0.1, 0.15) is 12.0 Å². The summed E-state index contributed by atoms with van der Waals surface area (Å²) in [5.74, 6) is 1.52. The summed E-state index contributed by atoms with van der Waals surface area (Å²) in [4.78, 5) is 0. The molecule has 2 aliphatic carbocycles. The van der Waals surface area contributed by atoms with Crippen molar-refractivity contribution in [1.29, 1.82) is 0 Å². The molecule has 2 heteroatoms. The Bertz CT molecular complexity index is 726. The van der Waals surface area contributed by atoms with Crippen molar-refractivity contribution in [2.75, 3.05) is 0 Å². The van der Waals surface area contributed by atoms with Gasteiger partial charge in [-0.1, -0.05) is 48.0 Å². The van der Waals surface area contributed by atoms with E-state index in [0.29, 0.717) is 0 Å². The van der Waals surface area contributed by atoms with Gasteiger partial charge in [0.2, 0.25) is 7.16 Å². The van der Waals surface area contributed by atoms with Crippen molar-refractivity contribution >= 4 is 0 Å². The molecule has 0 fully saturated rings. The summed E-state index contributed by atoms with van der Waals surface area (Å²) in [6.07, 6.45) is 6.32. The van der Waals surface area contributed by atoms with Crippen molar-refractivity contribution in [1.82, 2.24) is 0 Å². The van der Waals surface area contributed by atoms with Gasteiger partial charge < -0.3 is 0 Å². The molecule has 0 radical (unpaired) electrons. The van der Waals surface area contributed by atoms with Gasteiger partial charge in [0.1, 0.15) is 0 Å². The lowest BCUT2D eigenvalue weighted by Gasteiger charge is -1.98. The van der Waals surface area contributed by atoms with Crippen LogP contribution in [-0.2, 0) is 0 Å². The van der Waals surface area contributed by atoms with Gasteiger partial charge in [-0.15, -0.1) is 0 Å². The fourth-order valence-corrected chi connectivity index (χ4v) is 10.2. The number of rotatable bonds is 4. The molecule has 0 saturated carbocycles. The monoisotopic (exact) mass is 512 g/mol. The summed E-state index contributed by atoms with van der Waals surface area (Å²) in [5.41, 5.74) is 1.37. The summed E-state index contributed by atoms with van der Waals surface area (Å²) < 4.78 is 6.83. The minimum absolute atomic E-state index is 0.0116. The zero-order valence-electron chi connectivity index (χ0n) is 12.5. The third kappa shape index (κ3) is 3.04. The topological polar surface area (TPSA) is 0 Å². The largest absolute Gasteiger partial charge is 0.358 e. The number of fused-ring (bicyclic) bond motifs is 2. The van der Waals surface area contributed by atoms with Gasteiger partial charge in [-0.2, -0.15) is 0 Å². The maximum Gasteiger partial charge on any atom is 0.358 e. The van der Waals surface area contributed by atoms with E-state index in [2.05, 4.69) is 73.7 Å². The molecule has 4 rings (SSSR count). The molecule has 22 heavy (non-hydrogen) atoms. The SMILES string of the molecule is Cc1ccc([I+]C2=C([I+]c3ccccc3)C3C=CC2C3)cc1. The molecule has 2 unspecified atom stereocenters. The van der Waals surface area contributed by atoms with E-state index in [1.807, 2.05) is 7.16 Å². The number of benzene rings is 2. The molecule has 2 atom stereocenters. The number of halogens is 2. The standard InChI is InChI=1S/C20H18I2/c1-14-7-11-18(12-8-14)22-20-16-10-9-15(13-16)19(20)21-17-5-3-2-4-6-17/h2-12,15-16H,13H2,1H3/q+2. The van der Waals surface area contributed by atoms with Crippen molar-refractivity contribution in [3.8, 4) is 0 Å². The molecule has 2 aliphatic rings. The van der Waals surface area contributed by atoms with Gasteiger partial charge in [0, 0.05) is 0 Å². The molecule has 2 aromatic carbocycles. The Hall–Kier alpha value is -0.620. The summed E-state index contributed by atoms with van der Waals surface area (Å²) in [6.45, 7) is 2.17. The summed E-state index contributed by atoms with van der Waals surface area (Å²) in [5, 5.41) is 0. The maximum atomic E-state index is 2.48. The average molecular weight is 512 g/mol. The Kier molecular flexibility index (Phi) is 4.40. The maximum absolute atomic E-state index is 2.48. The van der Waals surface area contributed by atoms with Crippen LogP contribution in [0.15, 0.2) is 73.9 Å². The number of hydrogen-bond donors (Lipinski definition) is 0. The second kappa shape index (κ2) is 6.48. The van der Waals surface area contributed by atoms with Gasteiger partial charge in [0.05, 0.1) is 11.8 Å². The van der Waals surface area contributed by atoms with Crippen LogP contribution in [0, 0.1) is 25.9 Å². The Morgan fingerprint density at radius 3 is 1.86 bits per heavy atom. The predicted molar refractivity (Wildman–Crippen MR) is 82.8 cm³/mol. The van der Waals surface area contributed by atoms with E-state index < -0.39 is 0 Å². The minimum atomic E-state index is 0.0116. The summed E-state index contributed by atoms with van der Waals surface area (Å²) in [6, 6.07) is 20.4. The van der Waals surface area contributed by atoms with Gasteiger partial charge in [-0.05, 0) is 37.6 Å². The predicted octanol–water partition coefficient (Wildman–Crippen LogP) is -1.37. The van der Waals surface area contributed by atoms with Crippen molar-refractivity contribution in [2.24, 2.45) is 11.8 Å². The first-order valence-corrected chi connectivity index (χ1v) is 11.9. The van der Waals surface area contributed by atoms with Crippen LogP contribution in [0.25, 0.3) is 0 Å². The molecule has 2 aromatic rings. The highest BCUT2D eigenvalue weighted by Gasteiger charge is 2.50. The van der Waals surface area contributed by atoms with Gasteiger partial charge in [-0.3, -0.25) is 0 Å². The van der Waals surface area contributed by atoms with Gasteiger partial charge in [0.25, 0.3) is 0 Å². The number of hydrogen-bond acceptors (Lipinski definition) is 0. The third-order valence-electron chi connectivity index (χ3n) is 4.13. The first kappa shape index (κ1) is 14.9. The van der Waals surface area contributed by atoms with Crippen LogP contribution < -0.4 is 42.4 Å². The first-order valence-electron chi connectivity index (χ1n) is 7.63. The Morgan fingerprint density at radius 2 is 1.27 bits per heavy atom. The zero-order chi connectivity index (χ0) is 14.9. The van der Waals surface area contributed by atoms with Crippen molar-refractivity contribution in [3.05, 3.63) is 86.6 Å². The molecular weight excluding hydrogens is 494 g/mol. The Balaban J connectivity index is 1.62. The molecular formula is C20H18I2+2. The van der Waals surface area contributed by atoms with Gasteiger partial charge in [0.15, 0.2) is 7.14 Å². The summed E-state index contributed by atoms with van der Waals surface area (Å²) in [7, 11) is 0. The van der Waals surface area contributed by atoms with Crippen molar-refractivity contribution in [3.63, 3.8) is 0 Å². The Labute approximate surface area is 153 Å². The van der Waals surface area contributed by atoms with E-state index in [1.54, 1.807) is 7.14 Å². The highest BCUT2D eigenvalue weighted by atomic mass is 127. The molecule has 0 heterocycles. The lowest BCUT2D eigenvalue weighted by Crippen LogP contribution is -3.66. The average Bonchev–Trinajstić information content (AvgIpc) is 3.13. The fraction of sp³-hybridized carbons (Fsp3) is 0.200. The van der Waals surface area contributed by atoms with Crippen LogP contribution in [0.5, 0.6) is 0 Å². The van der Waals surface area contributed by atoms with Crippen LogP contribution >= 0.6 is 0 Å². The van der Waals surface area contributed by atoms with E-state index in [0.717, 1.165) is 11.8 Å². The lowest BCUT2D eigenvalue weighted by molar-refractivity contribution is -0.622. The van der Waals surface area contributed by atoms with E-state index in [-0.39, 0.29) is 42.4 Å². The second-order valence-electron chi connectivity index (χ2n) is 5.81. The lowest BCUT2D eigenvalue weighted by atomic mass is 10.2. The summed E-state index contributed by atoms with van der Waals surface area (Å²) >= 11 is 0.0297. The molecule has 0 aliphatic heterocycles. The number of aryl methyl sites for hydroxylation is 1. The molecule has 0 spiro atoms. The van der Waals surface area contributed by atoms with Crippen LogP contribution in [-0.4, -0.2) is 0 Å². The van der Waals surface area contributed by atoms with Crippen molar-refractivity contribution in [2.45, 2.75) is 13.3 Å². The Morgan fingerprint density at radius 1 is 0.727 bits per heavy atom. The molecule has 0 aromatic heterocycles. The highest BCUT2D eigenvalue weighted by Crippen LogP contribution is 2.36. The van der Waals surface area contributed by atoms with E-state index in [1.165, 1.54) is 12.0 Å². The van der Waals surface area contributed by atoms with Crippen LogP contribution in [0.3, 0.4) is 0 Å². The fourth-order valence-electron chi connectivity index (χ4n) is 2.97. The van der Waals surface area contributed by atoms with Crippen LogP contribution in [0.4, 0.5) is 0 Å². The van der Waals surface area contributed by atoms with E-state index >= 15 is 0 Å². The number of allylic oxidation sites excluding steroid dienone is 4. The van der Waals surface area contributed by atoms with E-state index in [9.17, 15) is 0 Å². The van der Waals surface area contributed by atoms with E-state index in [4.69, 9.17) is 0 Å². The third-order valence-corrected chi connectivity index (χ3v) is 11.8. The van der Waals surface area contributed by atoms with Gasteiger partial charge in [-0.25, -0.2) is 0 Å². The normalized spacial score (nSPS) is 22.6. The smallest absolute Gasteiger partial charge is 0.0761 e. The molecule has 0 amide bonds. The molecule has 0 N–H and O–H groups in total. The molecule has 0 nitrogen and oxygen atoms in total. The molecule has 110 valence electrons. The first-order chi connectivity index (χ1) is 10.8.